The zero-order valence-electron chi connectivity index (χ0n) is 17.3. The fourth-order valence-electron chi connectivity index (χ4n) is 4.00. The fourth-order valence-corrected chi connectivity index (χ4v) is 4.19. The Kier molecular flexibility index (Phi) is 6.94. The molecule has 2 aliphatic heterocycles. The molecule has 7 nitrogen and oxygen atoms in total. The third-order valence-corrected chi connectivity index (χ3v) is 5.78. The van der Waals surface area contributed by atoms with Crippen LogP contribution in [0.15, 0.2) is 42.5 Å². The van der Waals surface area contributed by atoms with E-state index >= 15 is 0 Å². The van der Waals surface area contributed by atoms with Crippen LogP contribution in [0.25, 0.3) is 0 Å². The summed E-state index contributed by atoms with van der Waals surface area (Å²) >= 11 is 5.97. The number of nitrogens with zero attached hydrogens (tertiary/aromatic N) is 1. The topological polar surface area (TPSA) is 82.7 Å². The Labute approximate surface area is 187 Å². The third-order valence-electron chi connectivity index (χ3n) is 5.54. The number of hydrogen-bond acceptors (Lipinski definition) is 4. The lowest BCUT2D eigenvalue weighted by Gasteiger charge is -2.22. The lowest BCUT2D eigenvalue weighted by atomic mass is 10.1. The molecule has 3 amide bonds. The van der Waals surface area contributed by atoms with E-state index in [9.17, 15) is 9.59 Å². The molecule has 2 aromatic carbocycles. The lowest BCUT2D eigenvalue weighted by molar-refractivity contribution is 0.0858. The predicted molar refractivity (Wildman–Crippen MR) is 123 cm³/mol. The summed E-state index contributed by atoms with van der Waals surface area (Å²) in [5, 5.41) is 9.09. The van der Waals surface area contributed by atoms with Gasteiger partial charge in [-0.25, -0.2) is 4.79 Å². The van der Waals surface area contributed by atoms with Gasteiger partial charge in [-0.05, 0) is 62.1 Å². The summed E-state index contributed by atoms with van der Waals surface area (Å²) < 4.78 is 5.61. The molecule has 3 N–H and O–H groups in total. The van der Waals surface area contributed by atoms with Gasteiger partial charge >= 0.3 is 6.03 Å². The largest absolute Gasteiger partial charge is 0.376 e. The summed E-state index contributed by atoms with van der Waals surface area (Å²) in [6.45, 7) is 3.09. The number of benzene rings is 2. The van der Waals surface area contributed by atoms with Crippen molar-refractivity contribution in [1.82, 2.24) is 5.32 Å². The Morgan fingerprint density at radius 3 is 2.52 bits per heavy atom. The van der Waals surface area contributed by atoms with Crippen molar-refractivity contribution in [3.05, 3.63) is 53.1 Å². The summed E-state index contributed by atoms with van der Waals surface area (Å²) in [4.78, 5) is 27.7. The summed E-state index contributed by atoms with van der Waals surface area (Å²) in [7, 11) is 0. The molecule has 0 bridgehead atoms. The molecule has 0 aliphatic carbocycles. The summed E-state index contributed by atoms with van der Waals surface area (Å²) in [5.41, 5.74) is 2.58. The molecular formula is C23H27ClN4O3. The molecule has 0 radical (unpaired) electrons. The highest BCUT2D eigenvalue weighted by molar-refractivity contribution is 6.30. The van der Waals surface area contributed by atoms with Crippen molar-refractivity contribution in [3.8, 4) is 0 Å². The number of carbonyl (C=O) groups is 2. The molecule has 0 saturated carbocycles. The van der Waals surface area contributed by atoms with Crippen molar-refractivity contribution < 1.29 is 14.3 Å². The van der Waals surface area contributed by atoms with E-state index in [4.69, 9.17) is 16.3 Å². The second kappa shape index (κ2) is 10.0. The van der Waals surface area contributed by atoms with E-state index in [2.05, 4.69) is 20.9 Å². The minimum absolute atomic E-state index is 0.0731. The zero-order valence-corrected chi connectivity index (χ0v) is 18.1. The van der Waals surface area contributed by atoms with E-state index in [1.165, 1.54) is 0 Å². The SMILES string of the molecule is O=C(Nc1cccc(Cl)c1)Nc1ccc(N2CCCC2)c(C(=O)NCC2CCCO2)c1. The minimum atomic E-state index is -0.401. The smallest absolute Gasteiger partial charge is 0.323 e. The van der Waals surface area contributed by atoms with Crippen molar-refractivity contribution in [2.24, 2.45) is 0 Å². The zero-order chi connectivity index (χ0) is 21.6. The van der Waals surface area contributed by atoms with Gasteiger partial charge in [-0.3, -0.25) is 4.79 Å². The van der Waals surface area contributed by atoms with Gasteiger partial charge in [0.2, 0.25) is 0 Å². The third kappa shape index (κ3) is 5.68. The van der Waals surface area contributed by atoms with Crippen molar-refractivity contribution in [2.45, 2.75) is 31.8 Å². The number of urea groups is 1. The van der Waals surface area contributed by atoms with Crippen LogP contribution in [0.5, 0.6) is 0 Å². The van der Waals surface area contributed by atoms with E-state index in [0.717, 1.165) is 51.1 Å². The van der Waals surface area contributed by atoms with Gasteiger partial charge in [-0.2, -0.15) is 0 Å². The van der Waals surface area contributed by atoms with Crippen molar-refractivity contribution in [3.63, 3.8) is 0 Å². The maximum absolute atomic E-state index is 13.0. The van der Waals surface area contributed by atoms with Crippen LogP contribution in [0, 0.1) is 0 Å². The Morgan fingerprint density at radius 2 is 1.81 bits per heavy atom. The number of anilines is 3. The second-order valence-electron chi connectivity index (χ2n) is 7.86. The van der Waals surface area contributed by atoms with Crippen LogP contribution in [-0.2, 0) is 4.74 Å². The van der Waals surface area contributed by atoms with Crippen molar-refractivity contribution in [2.75, 3.05) is 41.8 Å². The van der Waals surface area contributed by atoms with Gasteiger partial charge in [0.1, 0.15) is 0 Å². The van der Waals surface area contributed by atoms with Crippen LogP contribution in [-0.4, -0.2) is 44.3 Å². The standard InChI is InChI=1S/C23H27ClN4O3/c24-16-5-3-6-17(13-16)26-23(30)27-18-8-9-21(28-10-1-2-11-28)20(14-18)22(29)25-15-19-7-4-12-31-19/h3,5-6,8-9,13-14,19H,1-2,4,7,10-12,15H2,(H,25,29)(H2,26,27,30). The first-order chi connectivity index (χ1) is 15.1. The highest BCUT2D eigenvalue weighted by Gasteiger charge is 2.22. The molecule has 31 heavy (non-hydrogen) atoms. The van der Waals surface area contributed by atoms with Crippen LogP contribution in [0.4, 0.5) is 21.9 Å². The number of halogens is 1. The summed E-state index contributed by atoms with van der Waals surface area (Å²) in [6, 6.07) is 12.0. The molecule has 2 heterocycles. The Hall–Kier alpha value is -2.77. The molecule has 2 fully saturated rings. The second-order valence-corrected chi connectivity index (χ2v) is 8.30. The quantitative estimate of drug-likeness (QED) is 0.615. The maximum atomic E-state index is 13.0. The molecule has 0 aromatic heterocycles. The predicted octanol–water partition coefficient (Wildman–Crippen LogP) is 4.49. The first-order valence-electron chi connectivity index (χ1n) is 10.7. The van der Waals surface area contributed by atoms with E-state index in [-0.39, 0.29) is 12.0 Å². The average molecular weight is 443 g/mol. The van der Waals surface area contributed by atoms with Crippen molar-refractivity contribution in [1.29, 1.82) is 0 Å². The summed E-state index contributed by atoms with van der Waals surface area (Å²) in [6.07, 6.45) is 4.28. The minimum Gasteiger partial charge on any atom is -0.376 e. The van der Waals surface area contributed by atoms with E-state index in [1.807, 2.05) is 12.1 Å². The van der Waals surface area contributed by atoms with Gasteiger partial charge in [0, 0.05) is 48.3 Å². The molecule has 2 aromatic rings. The normalized spacial score (nSPS) is 18.1. The first-order valence-corrected chi connectivity index (χ1v) is 11.1. The van der Waals surface area contributed by atoms with Crippen LogP contribution in [0.3, 0.4) is 0 Å². The van der Waals surface area contributed by atoms with Gasteiger partial charge < -0.3 is 25.6 Å². The number of nitrogens with one attached hydrogen (secondary N) is 3. The number of hydrogen-bond donors (Lipinski definition) is 3. The molecule has 164 valence electrons. The molecule has 1 unspecified atom stereocenters. The van der Waals surface area contributed by atoms with Crippen LogP contribution < -0.4 is 20.9 Å². The highest BCUT2D eigenvalue weighted by Crippen LogP contribution is 2.28. The van der Waals surface area contributed by atoms with Crippen LogP contribution in [0.2, 0.25) is 5.02 Å². The number of ether oxygens (including phenoxy) is 1. The monoisotopic (exact) mass is 442 g/mol. The van der Waals surface area contributed by atoms with Gasteiger partial charge in [-0.15, -0.1) is 0 Å². The first kappa shape index (κ1) is 21.5. The number of rotatable bonds is 6. The molecule has 4 rings (SSSR count). The molecule has 1 atom stereocenters. The Bertz CT molecular complexity index is 940. The van der Waals surface area contributed by atoms with Gasteiger partial charge in [0.05, 0.1) is 11.7 Å². The highest BCUT2D eigenvalue weighted by atomic mass is 35.5. The molecule has 8 heteroatoms. The Morgan fingerprint density at radius 1 is 1.03 bits per heavy atom. The van der Waals surface area contributed by atoms with Gasteiger partial charge in [0.25, 0.3) is 5.91 Å². The number of carbonyl (C=O) groups excluding carboxylic acids is 2. The maximum Gasteiger partial charge on any atom is 0.323 e. The number of amides is 3. The average Bonchev–Trinajstić information content (AvgIpc) is 3.46. The van der Waals surface area contributed by atoms with E-state index in [1.54, 1.807) is 30.3 Å². The lowest BCUT2D eigenvalue weighted by Crippen LogP contribution is -2.33. The Balaban J connectivity index is 1.48. The van der Waals surface area contributed by atoms with Gasteiger partial charge in [0.15, 0.2) is 0 Å². The molecule has 2 saturated heterocycles. The molecular weight excluding hydrogens is 416 g/mol. The molecule has 0 spiro atoms. The van der Waals surface area contributed by atoms with E-state index in [0.29, 0.717) is 28.5 Å². The van der Waals surface area contributed by atoms with Crippen LogP contribution >= 0.6 is 11.6 Å². The van der Waals surface area contributed by atoms with Gasteiger partial charge in [-0.1, -0.05) is 17.7 Å². The fraction of sp³-hybridized carbons (Fsp3) is 0.391. The van der Waals surface area contributed by atoms with Crippen LogP contribution in [0.1, 0.15) is 36.0 Å². The van der Waals surface area contributed by atoms with E-state index < -0.39 is 6.03 Å². The van der Waals surface area contributed by atoms with Crippen molar-refractivity contribution >= 4 is 40.6 Å². The summed E-state index contributed by atoms with van der Waals surface area (Å²) in [5.74, 6) is -0.156. The molecule has 2 aliphatic rings.